The standard InChI is InChI=1S/C16H26N2O4S/c1-6-22-14-10-8-7-9-13(14)17-15(19)11-12-18(16(2,3)4)23(5,20)21/h7-10H,6,11-12H2,1-5H3,(H,17,19). The minimum absolute atomic E-state index is 0.0742. The van der Waals surface area contributed by atoms with Crippen molar-refractivity contribution in [3.63, 3.8) is 0 Å². The maximum Gasteiger partial charge on any atom is 0.225 e. The van der Waals surface area contributed by atoms with Gasteiger partial charge in [0.05, 0.1) is 18.6 Å². The normalized spacial score (nSPS) is 12.3. The summed E-state index contributed by atoms with van der Waals surface area (Å²) in [4.78, 5) is 12.1. The van der Waals surface area contributed by atoms with Crippen LogP contribution >= 0.6 is 0 Å². The van der Waals surface area contributed by atoms with E-state index in [0.29, 0.717) is 18.0 Å². The summed E-state index contributed by atoms with van der Waals surface area (Å²) in [5.74, 6) is 0.342. The van der Waals surface area contributed by atoms with Crippen molar-refractivity contribution >= 4 is 21.6 Å². The first-order valence-electron chi connectivity index (χ1n) is 7.55. The monoisotopic (exact) mass is 342 g/mol. The Balaban J connectivity index is 2.74. The molecule has 0 radical (unpaired) electrons. The van der Waals surface area contributed by atoms with Gasteiger partial charge in [-0.3, -0.25) is 4.79 Å². The van der Waals surface area contributed by atoms with Crippen LogP contribution < -0.4 is 10.1 Å². The van der Waals surface area contributed by atoms with Crippen molar-refractivity contribution in [2.75, 3.05) is 24.7 Å². The van der Waals surface area contributed by atoms with E-state index in [1.807, 2.05) is 13.0 Å². The van der Waals surface area contributed by atoms with Gasteiger partial charge in [-0.25, -0.2) is 8.42 Å². The van der Waals surface area contributed by atoms with Gasteiger partial charge in [0.15, 0.2) is 0 Å². The molecule has 1 aromatic carbocycles. The molecule has 1 rings (SSSR count). The molecule has 1 N–H and O–H groups in total. The van der Waals surface area contributed by atoms with Crippen molar-refractivity contribution in [2.24, 2.45) is 0 Å². The summed E-state index contributed by atoms with van der Waals surface area (Å²) >= 11 is 0. The third-order valence-corrected chi connectivity index (χ3v) is 4.68. The second-order valence-corrected chi connectivity index (χ2v) is 8.14. The molecule has 0 saturated heterocycles. The molecule has 23 heavy (non-hydrogen) atoms. The van der Waals surface area contributed by atoms with Crippen LogP contribution in [0.3, 0.4) is 0 Å². The van der Waals surface area contributed by atoms with Crippen molar-refractivity contribution < 1.29 is 17.9 Å². The van der Waals surface area contributed by atoms with Crippen LogP contribution in [0, 0.1) is 0 Å². The summed E-state index contributed by atoms with van der Waals surface area (Å²) < 4.78 is 30.5. The maximum absolute atomic E-state index is 12.1. The molecule has 0 fully saturated rings. The van der Waals surface area contributed by atoms with E-state index in [2.05, 4.69) is 5.32 Å². The molecule has 0 spiro atoms. The summed E-state index contributed by atoms with van der Waals surface area (Å²) in [6.07, 6.45) is 1.23. The van der Waals surface area contributed by atoms with E-state index in [9.17, 15) is 13.2 Å². The van der Waals surface area contributed by atoms with Crippen molar-refractivity contribution in [2.45, 2.75) is 39.7 Å². The van der Waals surface area contributed by atoms with E-state index in [1.165, 1.54) is 4.31 Å². The van der Waals surface area contributed by atoms with Crippen LogP contribution in [0.1, 0.15) is 34.1 Å². The summed E-state index contributed by atoms with van der Waals surface area (Å²) in [7, 11) is -3.38. The van der Waals surface area contributed by atoms with Gasteiger partial charge >= 0.3 is 0 Å². The fourth-order valence-electron chi connectivity index (χ4n) is 2.27. The molecule has 0 bridgehead atoms. The van der Waals surface area contributed by atoms with Crippen molar-refractivity contribution in [3.05, 3.63) is 24.3 Å². The molecule has 0 aliphatic rings. The predicted molar refractivity (Wildman–Crippen MR) is 92.2 cm³/mol. The molecule has 0 heterocycles. The fourth-order valence-corrected chi connectivity index (χ4v) is 3.68. The van der Waals surface area contributed by atoms with Crippen LogP contribution in [-0.2, 0) is 14.8 Å². The van der Waals surface area contributed by atoms with Crippen LogP contribution in [0.2, 0.25) is 0 Å². The van der Waals surface area contributed by atoms with Gasteiger partial charge in [0.1, 0.15) is 5.75 Å². The Bertz CT molecular complexity index is 636. The summed E-state index contributed by atoms with van der Waals surface area (Å²) in [5.41, 5.74) is 0.0119. The number of benzene rings is 1. The van der Waals surface area contributed by atoms with Gasteiger partial charge in [-0.2, -0.15) is 4.31 Å². The SMILES string of the molecule is CCOc1ccccc1NC(=O)CCN(C(C)(C)C)S(C)(=O)=O. The van der Waals surface area contributed by atoms with E-state index >= 15 is 0 Å². The van der Waals surface area contributed by atoms with Gasteiger partial charge in [0.25, 0.3) is 0 Å². The Hall–Kier alpha value is -1.60. The number of rotatable bonds is 7. The number of nitrogens with zero attached hydrogens (tertiary/aromatic N) is 1. The van der Waals surface area contributed by atoms with Gasteiger partial charge in [-0.1, -0.05) is 12.1 Å². The molecule has 0 saturated carbocycles. The van der Waals surface area contributed by atoms with E-state index in [0.717, 1.165) is 6.26 Å². The Morgan fingerprint density at radius 3 is 2.39 bits per heavy atom. The zero-order valence-electron chi connectivity index (χ0n) is 14.4. The number of carbonyl (C=O) groups is 1. The number of hydrogen-bond donors (Lipinski definition) is 1. The fraction of sp³-hybridized carbons (Fsp3) is 0.562. The summed E-state index contributed by atoms with van der Waals surface area (Å²) in [6, 6.07) is 7.15. The minimum Gasteiger partial charge on any atom is -0.492 e. The van der Waals surface area contributed by atoms with Crippen LogP contribution in [0.5, 0.6) is 5.75 Å². The lowest BCUT2D eigenvalue weighted by atomic mass is 10.1. The Morgan fingerprint density at radius 1 is 1.26 bits per heavy atom. The number of anilines is 1. The van der Waals surface area contributed by atoms with Crippen molar-refractivity contribution in [1.82, 2.24) is 4.31 Å². The number of carbonyl (C=O) groups excluding carboxylic acids is 1. The maximum atomic E-state index is 12.1. The van der Waals surface area contributed by atoms with E-state index < -0.39 is 15.6 Å². The first-order valence-corrected chi connectivity index (χ1v) is 9.40. The Morgan fingerprint density at radius 2 is 1.87 bits per heavy atom. The highest BCUT2D eigenvalue weighted by atomic mass is 32.2. The zero-order chi connectivity index (χ0) is 17.7. The van der Waals surface area contributed by atoms with Gasteiger partial charge in [-0.05, 0) is 39.8 Å². The number of sulfonamides is 1. The minimum atomic E-state index is -3.38. The van der Waals surface area contributed by atoms with Gasteiger partial charge in [0.2, 0.25) is 15.9 Å². The number of ether oxygens (including phenoxy) is 1. The molecule has 6 nitrogen and oxygen atoms in total. The largest absolute Gasteiger partial charge is 0.492 e. The van der Waals surface area contributed by atoms with E-state index in [4.69, 9.17) is 4.74 Å². The highest BCUT2D eigenvalue weighted by Crippen LogP contribution is 2.24. The highest BCUT2D eigenvalue weighted by Gasteiger charge is 2.29. The molecular formula is C16H26N2O4S. The zero-order valence-corrected chi connectivity index (χ0v) is 15.2. The number of amides is 1. The average molecular weight is 342 g/mol. The lowest BCUT2D eigenvalue weighted by Crippen LogP contribution is -2.46. The number of nitrogens with one attached hydrogen (secondary N) is 1. The molecule has 1 aromatic rings. The summed E-state index contributed by atoms with van der Waals surface area (Å²) in [5, 5.41) is 2.77. The Kier molecular flexibility index (Phi) is 6.58. The highest BCUT2D eigenvalue weighted by molar-refractivity contribution is 7.88. The van der Waals surface area contributed by atoms with Gasteiger partial charge in [0, 0.05) is 18.5 Å². The van der Waals surface area contributed by atoms with Gasteiger partial charge in [-0.15, -0.1) is 0 Å². The van der Waals surface area contributed by atoms with Crippen LogP contribution in [0.4, 0.5) is 5.69 Å². The molecule has 130 valence electrons. The molecule has 7 heteroatoms. The second kappa shape index (κ2) is 7.79. The molecule has 1 amide bonds. The molecule has 0 unspecified atom stereocenters. The molecule has 0 aliphatic carbocycles. The second-order valence-electron chi connectivity index (χ2n) is 6.23. The first kappa shape index (κ1) is 19.4. The predicted octanol–water partition coefficient (Wildman–Crippen LogP) is 2.47. The number of para-hydroxylation sites is 2. The summed E-state index contributed by atoms with van der Waals surface area (Å²) in [6.45, 7) is 7.90. The van der Waals surface area contributed by atoms with Gasteiger partial charge < -0.3 is 10.1 Å². The third kappa shape index (κ3) is 6.19. The molecular weight excluding hydrogens is 316 g/mol. The lowest BCUT2D eigenvalue weighted by Gasteiger charge is -2.33. The van der Waals surface area contributed by atoms with E-state index in [-0.39, 0.29) is 18.9 Å². The van der Waals surface area contributed by atoms with Crippen LogP contribution in [0.25, 0.3) is 0 Å². The van der Waals surface area contributed by atoms with E-state index in [1.54, 1.807) is 39.0 Å². The van der Waals surface area contributed by atoms with Crippen molar-refractivity contribution in [3.8, 4) is 5.75 Å². The third-order valence-electron chi connectivity index (χ3n) is 3.15. The number of hydrogen-bond acceptors (Lipinski definition) is 4. The molecule has 0 atom stereocenters. The van der Waals surface area contributed by atoms with Crippen LogP contribution in [0.15, 0.2) is 24.3 Å². The Labute approximate surface area is 138 Å². The smallest absolute Gasteiger partial charge is 0.225 e. The molecule has 0 aromatic heterocycles. The molecule has 0 aliphatic heterocycles. The van der Waals surface area contributed by atoms with Crippen LogP contribution in [-0.4, -0.2) is 43.6 Å². The first-order chi connectivity index (χ1) is 10.6. The van der Waals surface area contributed by atoms with Crippen molar-refractivity contribution in [1.29, 1.82) is 0 Å². The lowest BCUT2D eigenvalue weighted by molar-refractivity contribution is -0.116. The quantitative estimate of drug-likeness (QED) is 0.826. The average Bonchev–Trinajstić information content (AvgIpc) is 2.38. The topological polar surface area (TPSA) is 75.7 Å².